The van der Waals surface area contributed by atoms with Crippen molar-refractivity contribution in [2.75, 3.05) is 11.5 Å². The molecule has 11 heteroatoms. The summed E-state index contributed by atoms with van der Waals surface area (Å²) in [5.41, 5.74) is 10.6. The zero-order valence-corrected chi connectivity index (χ0v) is 14.2. The molecular formula is C16H11ClF3N7. The largest absolute Gasteiger partial charge is 0.418 e. The van der Waals surface area contributed by atoms with Crippen LogP contribution in [0.25, 0.3) is 11.4 Å². The van der Waals surface area contributed by atoms with Gasteiger partial charge in [0.25, 0.3) is 0 Å². The number of rotatable bonds is 3. The van der Waals surface area contributed by atoms with Crippen LogP contribution in [-0.4, -0.2) is 15.0 Å². The number of alkyl halides is 3. The molecule has 0 amide bonds. The molecule has 27 heavy (non-hydrogen) atoms. The standard InChI is InChI=1S/C16H11ClF3N7/c17-9-3-4-11(10(6-9)16(18,19)20)26-27-12-13(21)24-15(25-14(12)22)8-2-1-5-23-7-8/h1-7H,(H4,21,22,24,25). The number of nitrogen functional groups attached to an aromatic ring is 2. The van der Waals surface area contributed by atoms with Crippen molar-refractivity contribution in [1.82, 2.24) is 15.0 Å². The maximum Gasteiger partial charge on any atom is 0.418 e. The van der Waals surface area contributed by atoms with E-state index in [4.69, 9.17) is 23.1 Å². The second kappa shape index (κ2) is 7.16. The van der Waals surface area contributed by atoms with Crippen molar-refractivity contribution in [1.29, 1.82) is 0 Å². The van der Waals surface area contributed by atoms with Crippen LogP contribution in [0.5, 0.6) is 0 Å². The zero-order valence-electron chi connectivity index (χ0n) is 13.4. The molecule has 3 aromatic rings. The molecular weight excluding hydrogens is 383 g/mol. The van der Waals surface area contributed by atoms with Crippen molar-refractivity contribution in [3.63, 3.8) is 0 Å². The van der Waals surface area contributed by atoms with E-state index >= 15 is 0 Å². The van der Waals surface area contributed by atoms with Crippen molar-refractivity contribution in [3.8, 4) is 11.4 Å². The molecule has 0 atom stereocenters. The van der Waals surface area contributed by atoms with Crippen LogP contribution in [0.3, 0.4) is 0 Å². The van der Waals surface area contributed by atoms with E-state index in [0.717, 1.165) is 12.1 Å². The van der Waals surface area contributed by atoms with Crippen LogP contribution in [0.4, 0.5) is 36.2 Å². The fourth-order valence-electron chi connectivity index (χ4n) is 2.14. The summed E-state index contributed by atoms with van der Waals surface area (Å²) in [5, 5.41) is 7.23. The van der Waals surface area contributed by atoms with E-state index in [1.165, 1.54) is 12.3 Å². The van der Waals surface area contributed by atoms with E-state index in [9.17, 15) is 13.2 Å². The molecule has 0 bridgehead atoms. The Balaban J connectivity index is 2.00. The van der Waals surface area contributed by atoms with Gasteiger partial charge in [0.05, 0.1) is 11.3 Å². The van der Waals surface area contributed by atoms with Gasteiger partial charge < -0.3 is 11.5 Å². The summed E-state index contributed by atoms with van der Waals surface area (Å²) in [6, 6.07) is 6.49. The monoisotopic (exact) mass is 393 g/mol. The Labute approximate surface area is 155 Å². The molecule has 0 fully saturated rings. The number of hydrogen-bond donors (Lipinski definition) is 2. The van der Waals surface area contributed by atoms with E-state index in [-0.39, 0.29) is 28.2 Å². The lowest BCUT2D eigenvalue weighted by Gasteiger charge is -2.10. The third kappa shape index (κ3) is 4.11. The Kier molecular flexibility index (Phi) is 4.91. The van der Waals surface area contributed by atoms with E-state index in [2.05, 4.69) is 25.2 Å². The lowest BCUT2D eigenvalue weighted by Crippen LogP contribution is -2.05. The van der Waals surface area contributed by atoms with Crippen molar-refractivity contribution >= 4 is 34.6 Å². The highest BCUT2D eigenvalue weighted by Gasteiger charge is 2.34. The van der Waals surface area contributed by atoms with Crippen LogP contribution >= 0.6 is 11.6 Å². The van der Waals surface area contributed by atoms with Gasteiger partial charge in [0.2, 0.25) is 0 Å². The Bertz CT molecular complexity index is 984. The van der Waals surface area contributed by atoms with Crippen molar-refractivity contribution in [2.24, 2.45) is 10.2 Å². The second-order valence-corrected chi connectivity index (χ2v) is 5.70. The van der Waals surface area contributed by atoms with Gasteiger partial charge in [0.15, 0.2) is 23.1 Å². The minimum atomic E-state index is -4.66. The van der Waals surface area contributed by atoms with Crippen molar-refractivity contribution in [3.05, 3.63) is 53.3 Å². The predicted octanol–water partition coefficient (Wildman–Crippen LogP) is 4.79. The van der Waals surface area contributed by atoms with Crippen LogP contribution < -0.4 is 11.5 Å². The van der Waals surface area contributed by atoms with Gasteiger partial charge in [0, 0.05) is 23.0 Å². The zero-order chi connectivity index (χ0) is 19.6. The highest BCUT2D eigenvalue weighted by Crippen LogP contribution is 2.39. The fourth-order valence-corrected chi connectivity index (χ4v) is 2.32. The molecule has 0 unspecified atom stereocenters. The summed E-state index contributed by atoms with van der Waals surface area (Å²) in [4.78, 5) is 12.0. The van der Waals surface area contributed by atoms with E-state index in [1.54, 1.807) is 18.3 Å². The molecule has 0 saturated carbocycles. The van der Waals surface area contributed by atoms with Crippen LogP contribution in [0.1, 0.15) is 5.56 Å². The minimum Gasteiger partial charge on any atom is -0.382 e. The Morgan fingerprint density at radius 1 is 1.00 bits per heavy atom. The van der Waals surface area contributed by atoms with Gasteiger partial charge in [-0.3, -0.25) is 4.98 Å². The number of halogens is 4. The van der Waals surface area contributed by atoms with Gasteiger partial charge in [-0.25, -0.2) is 9.97 Å². The van der Waals surface area contributed by atoms with Gasteiger partial charge in [-0.2, -0.15) is 13.2 Å². The van der Waals surface area contributed by atoms with Crippen LogP contribution in [-0.2, 0) is 6.18 Å². The molecule has 0 saturated heterocycles. The van der Waals surface area contributed by atoms with Gasteiger partial charge in [0.1, 0.15) is 0 Å². The highest BCUT2D eigenvalue weighted by molar-refractivity contribution is 6.30. The third-order valence-corrected chi connectivity index (χ3v) is 3.61. The molecule has 1 aromatic carbocycles. The van der Waals surface area contributed by atoms with E-state index < -0.39 is 17.4 Å². The lowest BCUT2D eigenvalue weighted by molar-refractivity contribution is -0.137. The number of anilines is 2. The molecule has 4 N–H and O–H groups in total. The lowest BCUT2D eigenvalue weighted by atomic mass is 10.2. The molecule has 0 aliphatic rings. The Morgan fingerprint density at radius 2 is 1.70 bits per heavy atom. The average molecular weight is 394 g/mol. The number of benzene rings is 1. The number of hydrogen-bond acceptors (Lipinski definition) is 7. The quantitative estimate of drug-likeness (QED) is 0.620. The third-order valence-electron chi connectivity index (χ3n) is 3.38. The number of pyridine rings is 1. The first kappa shape index (κ1) is 18.5. The smallest absolute Gasteiger partial charge is 0.382 e. The SMILES string of the molecule is Nc1nc(-c2cccnc2)nc(N)c1N=Nc1ccc(Cl)cc1C(F)(F)F. The van der Waals surface area contributed by atoms with Gasteiger partial charge in [-0.1, -0.05) is 11.6 Å². The molecule has 3 rings (SSSR count). The topological polar surface area (TPSA) is 115 Å². The van der Waals surface area contributed by atoms with Crippen LogP contribution in [0.2, 0.25) is 5.02 Å². The number of aromatic nitrogens is 3. The molecule has 138 valence electrons. The molecule has 0 aliphatic heterocycles. The van der Waals surface area contributed by atoms with Crippen LogP contribution in [0.15, 0.2) is 53.0 Å². The average Bonchev–Trinajstić information content (AvgIpc) is 2.62. The molecule has 0 spiro atoms. The Hall–Kier alpha value is -3.27. The molecule has 2 heterocycles. The second-order valence-electron chi connectivity index (χ2n) is 5.27. The summed E-state index contributed by atoms with van der Waals surface area (Å²) in [6.07, 6.45) is -1.57. The molecule has 7 nitrogen and oxygen atoms in total. The molecule has 0 radical (unpaired) electrons. The van der Waals surface area contributed by atoms with Gasteiger partial charge in [-0.15, -0.1) is 10.2 Å². The summed E-state index contributed by atoms with van der Waals surface area (Å²) in [6.45, 7) is 0. The summed E-state index contributed by atoms with van der Waals surface area (Å²) < 4.78 is 39.3. The Morgan fingerprint density at radius 3 is 2.30 bits per heavy atom. The summed E-state index contributed by atoms with van der Waals surface area (Å²) in [5.74, 6) is -0.0558. The highest BCUT2D eigenvalue weighted by atomic mass is 35.5. The number of azo groups is 1. The number of nitrogens with zero attached hydrogens (tertiary/aromatic N) is 5. The van der Waals surface area contributed by atoms with E-state index in [1.807, 2.05) is 0 Å². The normalized spacial score (nSPS) is 11.9. The fraction of sp³-hybridized carbons (Fsp3) is 0.0625. The predicted molar refractivity (Wildman–Crippen MR) is 94.7 cm³/mol. The van der Waals surface area contributed by atoms with E-state index in [0.29, 0.717) is 5.56 Å². The molecule has 2 aromatic heterocycles. The maximum absolute atomic E-state index is 13.1. The van der Waals surface area contributed by atoms with Crippen molar-refractivity contribution in [2.45, 2.75) is 6.18 Å². The van der Waals surface area contributed by atoms with Crippen LogP contribution in [0, 0.1) is 0 Å². The maximum atomic E-state index is 13.1. The van der Waals surface area contributed by atoms with Gasteiger partial charge >= 0.3 is 6.18 Å². The summed E-state index contributed by atoms with van der Waals surface area (Å²) in [7, 11) is 0. The first-order chi connectivity index (χ1) is 12.8. The minimum absolute atomic E-state index is 0.0792. The first-order valence-electron chi connectivity index (χ1n) is 7.37. The van der Waals surface area contributed by atoms with Crippen molar-refractivity contribution < 1.29 is 13.2 Å². The summed E-state index contributed by atoms with van der Waals surface area (Å²) >= 11 is 5.63. The number of nitrogens with two attached hydrogens (primary N) is 2. The first-order valence-corrected chi connectivity index (χ1v) is 7.75. The van der Waals surface area contributed by atoms with Gasteiger partial charge in [-0.05, 0) is 30.3 Å². The molecule has 0 aliphatic carbocycles.